The average Bonchev–Trinajstić information content (AvgIpc) is 3.17. The van der Waals surface area contributed by atoms with E-state index in [1.807, 2.05) is 31.2 Å². The van der Waals surface area contributed by atoms with Crippen LogP contribution in [-0.4, -0.2) is 35.5 Å². The first-order valence-corrected chi connectivity index (χ1v) is 10.9. The van der Waals surface area contributed by atoms with Crippen molar-refractivity contribution in [3.8, 4) is 17.5 Å². The van der Waals surface area contributed by atoms with Crippen molar-refractivity contribution in [2.75, 3.05) is 5.73 Å². The summed E-state index contributed by atoms with van der Waals surface area (Å²) in [6, 6.07) is 13.7. The second kappa shape index (κ2) is 8.66. The van der Waals surface area contributed by atoms with E-state index in [1.165, 1.54) is 17.0 Å². The van der Waals surface area contributed by atoms with Gasteiger partial charge in [0.2, 0.25) is 0 Å². The van der Waals surface area contributed by atoms with Crippen LogP contribution in [0.25, 0.3) is 27.5 Å². The maximum Gasteiger partial charge on any atom is 0.266 e. The topological polar surface area (TPSA) is 112 Å². The molecule has 0 amide bonds. The van der Waals surface area contributed by atoms with Crippen molar-refractivity contribution >= 4 is 27.6 Å². The molecule has 3 heterocycles. The number of para-hydroxylation sites is 1. The van der Waals surface area contributed by atoms with E-state index in [4.69, 9.17) is 5.73 Å². The van der Waals surface area contributed by atoms with Gasteiger partial charge in [0.25, 0.3) is 5.56 Å². The van der Waals surface area contributed by atoms with Gasteiger partial charge in [0.05, 0.1) is 23.0 Å². The highest BCUT2D eigenvalue weighted by molar-refractivity contribution is 5.90. The molecule has 5 aromatic rings. The van der Waals surface area contributed by atoms with Crippen LogP contribution >= 0.6 is 0 Å². The Morgan fingerprint density at radius 1 is 1.14 bits per heavy atom. The molecule has 8 nitrogen and oxygen atoms in total. The minimum Gasteiger partial charge on any atom is -0.383 e. The van der Waals surface area contributed by atoms with Crippen LogP contribution in [0, 0.1) is 24.6 Å². The molecule has 1 unspecified atom stereocenters. The van der Waals surface area contributed by atoms with E-state index in [9.17, 15) is 14.3 Å². The molecule has 0 aliphatic rings. The first-order chi connectivity index (χ1) is 16.8. The van der Waals surface area contributed by atoms with Crippen LogP contribution in [0.3, 0.4) is 0 Å². The van der Waals surface area contributed by atoms with Crippen LogP contribution < -0.4 is 11.3 Å². The Labute approximate surface area is 199 Å². The van der Waals surface area contributed by atoms with E-state index < -0.39 is 17.5 Å². The fourth-order valence-corrected chi connectivity index (χ4v) is 4.12. The predicted octanol–water partition coefficient (Wildman–Crippen LogP) is 2.94. The highest BCUT2D eigenvalue weighted by Crippen LogP contribution is 2.24. The molecule has 0 radical (unpaired) electrons. The molecule has 3 N–H and O–H groups in total. The SMILES string of the molecule is Cc1ccccc1-n1c(Cn2nc(C#CC(C)O)c3c(N)ncnc32)cc2cccc(F)c2c1=O. The van der Waals surface area contributed by atoms with Crippen LogP contribution in [0.15, 0.2) is 59.7 Å². The number of hydrogen-bond donors (Lipinski definition) is 2. The number of nitrogen functional groups attached to an aromatic ring is 1. The van der Waals surface area contributed by atoms with Gasteiger partial charge >= 0.3 is 0 Å². The van der Waals surface area contributed by atoms with Gasteiger partial charge in [-0.25, -0.2) is 19.0 Å². The summed E-state index contributed by atoms with van der Waals surface area (Å²) in [4.78, 5) is 22.0. The summed E-state index contributed by atoms with van der Waals surface area (Å²) in [5.74, 6) is 5.11. The summed E-state index contributed by atoms with van der Waals surface area (Å²) in [5.41, 5.74) is 8.43. The number of benzene rings is 2. The number of aryl methyl sites for hydroxylation is 1. The van der Waals surface area contributed by atoms with Gasteiger partial charge in [-0.3, -0.25) is 9.36 Å². The van der Waals surface area contributed by atoms with Gasteiger partial charge in [-0.05, 0) is 48.9 Å². The fraction of sp³-hybridized carbons (Fsp3) is 0.154. The molecule has 3 aromatic heterocycles. The molecule has 174 valence electrons. The van der Waals surface area contributed by atoms with E-state index in [2.05, 4.69) is 26.9 Å². The quantitative estimate of drug-likeness (QED) is 0.394. The summed E-state index contributed by atoms with van der Waals surface area (Å²) < 4.78 is 17.8. The average molecular weight is 468 g/mol. The Kier molecular flexibility index (Phi) is 5.51. The number of pyridine rings is 1. The van der Waals surface area contributed by atoms with Crippen molar-refractivity contribution in [3.63, 3.8) is 0 Å². The summed E-state index contributed by atoms with van der Waals surface area (Å²) in [5, 5.41) is 15.1. The van der Waals surface area contributed by atoms with Crippen molar-refractivity contribution in [2.45, 2.75) is 26.5 Å². The zero-order valence-electron chi connectivity index (χ0n) is 19.0. The number of anilines is 1. The molecule has 9 heteroatoms. The largest absolute Gasteiger partial charge is 0.383 e. The second-order valence-corrected chi connectivity index (χ2v) is 8.18. The van der Waals surface area contributed by atoms with Gasteiger partial charge in [-0.1, -0.05) is 36.3 Å². The first kappa shape index (κ1) is 22.3. The smallest absolute Gasteiger partial charge is 0.266 e. The fourth-order valence-electron chi connectivity index (χ4n) is 4.12. The molecular weight excluding hydrogens is 447 g/mol. The molecule has 1 atom stereocenters. The lowest BCUT2D eigenvalue weighted by Crippen LogP contribution is -2.25. The molecule has 2 aromatic carbocycles. The predicted molar refractivity (Wildman–Crippen MR) is 132 cm³/mol. The van der Waals surface area contributed by atoms with Crippen LogP contribution in [0.5, 0.6) is 0 Å². The van der Waals surface area contributed by atoms with Crippen LogP contribution in [0.1, 0.15) is 23.9 Å². The first-order valence-electron chi connectivity index (χ1n) is 10.9. The molecule has 0 bridgehead atoms. The Hall–Kier alpha value is -4.55. The zero-order valence-corrected chi connectivity index (χ0v) is 19.0. The lowest BCUT2D eigenvalue weighted by molar-refractivity contribution is 0.253. The van der Waals surface area contributed by atoms with Gasteiger partial charge in [-0.2, -0.15) is 5.10 Å². The molecule has 0 aliphatic carbocycles. The maximum atomic E-state index is 14.7. The van der Waals surface area contributed by atoms with Gasteiger partial charge in [0.1, 0.15) is 29.8 Å². The molecule has 0 saturated heterocycles. The molecule has 0 aliphatic heterocycles. The zero-order chi connectivity index (χ0) is 24.7. The van der Waals surface area contributed by atoms with Crippen LogP contribution in [-0.2, 0) is 6.54 Å². The summed E-state index contributed by atoms with van der Waals surface area (Å²) in [6.07, 6.45) is 0.467. The number of rotatable bonds is 3. The second-order valence-electron chi connectivity index (χ2n) is 8.18. The number of fused-ring (bicyclic) bond motifs is 2. The molecular formula is C26H21FN6O2. The Morgan fingerprint density at radius 2 is 1.94 bits per heavy atom. The molecule has 5 rings (SSSR count). The van der Waals surface area contributed by atoms with Crippen molar-refractivity contribution in [1.82, 2.24) is 24.3 Å². The lowest BCUT2D eigenvalue weighted by Gasteiger charge is -2.17. The van der Waals surface area contributed by atoms with E-state index in [1.54, 1.807) is 29.8 Å². The third-order valence-electron chi connectivity index (χ3n) is 5.70. The van der Waals surface area contributed by atoms with Crippen LogP contribution in [0.4, 0.5) is 10.2 Å². The summed E-state index contributed by atoms with van der Waals surface area (Å²) in [7, 11) is 0. The standard InChI is InChI=1S/C26H21FN6O2/c1-15-6-3-4-9-21(15)33-18(12-17-7-5-8-19(27)22(17)26(33)35)13-32-25-23(24(28)29-14-30-25)20(31-32)11-10-16(2)34/h3-9,12,14,16,34H,13H2,1-2H3,(H2,28,29,30). The monoisotopic (exact) mass is 468 g/mol. The van der Waals surface area contributed by atoms with Gasteiger partial charge < -0.3 is 10.8 Å². The van der Waals surface area contributed by atoms with Gasteiger partial charge in [-0.15, -0.1) is 0 Å². The van der Waals surface area contributed by atoms with Crippen molar-refractivity contribution in [3.05, 3.63) is 88.0 Å². The summed E-state index contributed by atoms with van der Waals surface area (Å²) >= 11 is 0. The number of halogens is 1. The maximum absolute atomic E-state index is 14.7. The Bertz CT molecular complexity index is 1730. The third-order valence-corrected chi connectivity index (χ3v) is 5.70. The molecule has 0 spiro atoms. The molecule has 35 heavy (non-hydrogen) atoms. The number of nitrogens with zero attached hydrogens (tertiary/aromatic N) is 5. The van der Waals surface area contributed by atoms with E-state index in [0.717, 1.165) is 5.56 Å². The highest BCUT2D eigenvalue weighted by atomic mass is 19.1. The number of hydrogen-bond acceptors (Lipinski definition) is 6. The van der Waals surface area contributed by atoms with Gasteiger partial charge in [0, 0.05) is 5.69 Å². The van der Waals surface area contributed by atoms with Gasteiger partial charge in [0.15, 0.2) is 5.65 Å². The molecule has 0 saturated carbocycles. The van der Waals surface area contributed by atoms with Crippen molar-refractivity contribution in [2.24, 2.45) is 0 Å². The molecule has 0 fully saturated rings. The minimum absolute atomic E-state index is 0.0138. The van der Waals surface area contributed by atoms with E-state index in [-0.39, 0.29) is 17.7 Å². The highest BCUT2D eigenvalue weighted by Gasteiger charge is 2.19. The van der Waals surface area contributed by atoms with E-state index >= 15 is 0 Å². The Balaban J connectivity index is 1.79. The number of aliphatic hydroxyl groups excluding tert-OH is 1. The van der Waals surface area contributed by atoms with Crippen LogP contribution in [0.2, 0.25) is 0 Å². The third kappa shape index (κ3) is 3.90. The Morgan fingerprint density at radius 3 is 2.71 bits per heavy atom. The number of aromatic nitrogens is 5. The van der Waals surface area contributed by atoms with Crippen molar-refractivity contribution in [1.29, 1.82) is 0 Å². The number of nitrogens with two attached hydrogens (primary N) is 1. The van der Waals surface area contributed by atoms with E-state index in [0.29, 0.717) is 33.5 Å². The lowest BCUT2D eigenvalue weighted by atomic mass is 10.1. The summed E-state index contributed by atoms with van der Waals surface area (Å²) in [6.45, 7) is 3.55. The van der Waals surface area contributed by atoms with Crippen molar-refractivity contribution < 1.29 is 9.50 Å². The minimum atomic E-state index is -0.859. The normalized spacial score (nSPS) is 12.0. The number of aliphatic hydroxyl groups is 1.